The average molecular weight is 601 g/mol. The third kappa shape index (κ3) is 6.40. The summed E-state index contributed by atoms with van der Waals surface area (Å²) in [5, 5.41) is 0. The quantitative estimate of drug-likeness (QED) is 0.153. The second-order valence-corrected chi connectivity index (χ2v) is 12.7. The van der Waals surface area contributed by atoms with Crippen LogP contribution in [0.5, 0.6) is 0 Å². The Morgan fingerprint density at radius 1 is 0.400 bits per heavy atom. The average Bonchev–Trinajstić information content (AvgIpc) is 3.40. The highest BCUT2D eigenvalue weighted by atomic mass is 32.1. The highest BCUT2D eigenvalue weighted by Crippen LogP contribution is 2.43. The number of nitrogens with zero attached hydrogens (tertiary/aromatic N) is 2. The molecule has 0 saturated carbocycles. The highest BCUT2D eigenvalue weighted by Gasteiger charge is 2.16. The Morgan fingerprint density at radius 2 is 0.778 bits per heavy atom. The van der Waals surface area contributed by atoms with Gasteiger partial charge in [-0.05, 0) is 70.5 Å². The Hall–Kier alpha value is -5.12. The molecule has 0 aliphatic carbocycles. The smallest absolute Gasteiger partial charge is 0.173 e. The first-order chi connectivity index (χ1) is 22.1. The lowest BCUT2D eigenvalue weighted by Gasteiger charge is -2.06. The van der Waals surface area contributed by atoms with E-state index in [-0.39, 0.29) is 0 Å². The maximum atomic E-state index is 2.34. The second-order valence-electron chi connectivity index (χ2n) is 11.7. The van der Waals surface area contributed by atoms with Crippen LogP contribution in [-0.4, -0.2) is 0 Å². The molecule has 0 amide bonds. The maximum Gasteiger partial charge on any atom is 0.173 e. The molecule has 3 heteroatoms. The number of benzene rings is 4. The summed E-state index contributed by atoms with van der Waals surface area (Å²) in [5.41, 5.74) is 12.8. The van der Waals surface area contributed by atoms with E-state index in [0.29, 0.717) is 0 Å². The van der Waals surface area contributed by atoms with Gasteiger partial charge in [0.2, 0.25) is 0 Å². The molecule has 2 nitrogen and oxygen atoms in total. The lowest BCUT2D eigenvalue weighted by atomic mass is 9.99. The number of aromatic nitrogens is 2. The first-order valence-electron chi connectivity index (χ1n) is 15.5. The van der Waals surface area contributed by atoms with Crippen LogP contribution in [0.1, 0.15) is 22.3 Å². The molecule has 45 heavy (non-hydrogen) atoms. The van der Waals surface area contributed by atoms with Crippen LogP contribution in [0.15, 0.2) is 158 Å². The molecule has 218 valence electrons. The molecular weight excluding hydrogens is 565 g/mol. The summed E-state index contributed by atoms with van der Waals surface area (Å²) in [5.74, 6) is 0. The molecule has 0 saturated heterocycles. The standard InChI is InChI=1S/C42H36N2S/c1-31-32(2)42(40-18-10-16-38(28-40)36-21-25-44(26-22-36)30-34-13-7-4-8-14-34)45-41(31)39-17-9-15-37(27-39)35-19-23-43(24-20-35)29-33-11-5-3-6-12-33/h3-28H,29-30H2,1-2H3/q+2. The Morgan fingerprint density at radius 3 is 1.18 bits per heavy atom. The van der Waals surface area contributed by atoms with Gasteiger partial charge in [0.15, 0.2) is 37.9 Å². The summed E-state index contributed by atoms with van der Waals surface area (Å²) in [6.45, 7) is 6.27. The fraction of sp³-hybridized carbons (Fsp3) is 0.0952. The zero-order valence-electron chi connectivity index (χ0n) is 25.7. The lowest BCUT2D eigenvalue weighted by molar-refractivity contribution is -0.688. The molecule has 0 atom stereocenters. The van der Waals surface area contributed by atoms with Crippen molar-refractivity contribution in [2.45, 2.75) is 26.9 Å². The topological polar surface area (TPSA) is 7.76 Å². The fourth-order valence-electron chi connectivity index (χ4n) is 5.93. The Balaban J connectivity index is 1.12. The van der Waals surface area contributed by atoms with Gasteiger partial charge in [0.05, 0.1) is 0 Å². The summed E-state index contributed by atoms with van der Waals surface area (Å²) in [6.07, 6.45) is 8.71. The Bertz CT molecular complexity index is 1890. The van der Waals surface area contributed by atoms with E-state index < -0.39 is 0 Å². The lowest BCUT2D eigenvalue weighted by Crippen LogP contribution is -2.32. The van der Waals surface area contributed by atoms with E-state index in [1.807, 2.05) is 11.3 Å². The van der Waals surface area contributed by atoms with Crippen LogP contribution in [0.2, 0.25) is 0 Å². The van der Waals surface area contributed by atoms with E-state index >= 15 is 0 Å². The van der Waals surface area contributed by atoms with Gasteiger partial charge in [0.25, 0.3) is 0 Å². The van der Waals surface area contributed by atoms with Gasteiger partial charge in [-0.25, -0.2) is 9.13 Å². The van der Waals surface area contributed by atoms with Gasteiger partial charge in [-0.15, -0.1) is 11.3 Å². The van der Waals surface area contributed by atoms with Gasteiger partial charge >= 0.3 is 0 Å². The minimum absolute atomic E-state index is 0.872. The fourth-order valence-corrected chi connectivity index (χ4v) is 7.23. The SMILES string of the molecule is Cc1c(-c2cccc(-c3cc[n+](Cc4ccccc4)cc3)c2)sc(-c2cccc(-c3cc[n+](Cc4ccccc4)cc3)c2)c1C. The minimum atomic E-state index is 0.872. The number of hydrogen-bond acceptors (Lipinski definition) is 1. The third-order valence-corrected chi connectivity index (χ3v) is 10.1. The molecule has 7 rings (SSSR count). The van der Waals surface area contributed by atoms with Crippen LogP contribution in [-0.2, 0) is 13.1 Å². The van der Waals surface area contributed by atoms with E-state index in [0.717, 1.165) is 13.1 Å². The summed E-state index contributed by atoms with van der Waals surface area (Å²) in [7, 11) is 0. The van der Waals surface area contributed by atoms with Crippen molar-refractivity contribution in [1.29, 1.82) is 0 Å². The molecule has 0 bridgehead atoms. The largest absolute Gasteiger partial charge is 0.201 e. The van der Waals surface area contributed by atoms with Gasteiger partial charge in [0, 0.05) is 45.1 Å². The van der Waals surface area contributed by atoms with Crippen LogP contribution in [0.4, 0.5) is 0 Å². The van der Waals surface area contributed by atoms with Gasteiger partial charge in [-0.3, -0.25) is 0 Å². The summed E-state index contributed by atoms with van der Waals surface area (Å²) >= 11 is 1.90. The van der Waals surface area contributed by atoms with Crippen LogP contribution < -0.4 is 9.13 Å². The summed E-state index contributed by atoms with van der Waals surface area (Å²) < 4.78 is 4.46. The molecule has 3 aromatic heterocycles. The molecule has 4 aromatic carbocycles. The zero-order chi connectivity index (χ0) is 30.6. The van der Waals surface area contributed by atoms with Crippen molar-refractivity contribution in [2.24, 2.45) is 0 Å². The van der Waals surface area contributed by atoms with Crippen molar-refractivity contribution in [3.05, 3.63) is 181 Å². The molecular formula is C42H36N2S+2. The number of hydrogen-bond donors (Lipinski definition) is 0. The van der Waals surface area contributed by atoms with Crippen molar-refractivity contribution in [2.75, 3.05) is 0 Å². The van der Waals surface area contributed by atoms with Crippen molar-refractivity contribution >= 4 is 11.3 Å². The third-order valence-electron chi connectivity index (χ3n) is 8.56. The monoisotopic (exact) mass is 600 g/mol. The van der Waals surface area contributed by atoms with Crippen LogP contribution in [0.3, 0.4) is 0 Å². The minimum Gasteiger partial charge on any atom is -0.201 e. The van der Waals surface area contributed by atoms with Crippen molar-refractivity contribution < 1.29 is 9.13 Å². The predicted molar refractivity (Wildman–Crippen MR) is 187 cm³/mol. The van der Waals surface area contributed by atoms with Gasteiger partial charge in [-0.2, -0.15) is 0 Å². The maximum absolute atomic E-state index is 2.34. The van der Waals surface area contributed by atoms with Crippen molar-refractivity contribution in [1.82, 2.24) is 0 Å². The van der Waals surface area contributed by atoms with Crippen LogP contribution >= 0.6 is 11.3 Å². The predicted octanol–water partition coefficient (Wildman–Crippen LogP) is 9.70. The normalized spacial score (nSPS) is 11.1. The van der Waals surface area contributed by atoms with E-state index in [9.17, 15) is 0 Å². The molecule has 0 aliphatic rings. The van der Waals surface area contributed by atoms with E-state index in [4.69, 9.17) is 0 Å². The number of pyridine rings is 2. The van der Waals surface area contributed by atoms with E-state index in [1.54, 1.807) is 0 Å². The molecule has 0 unspecified atom stereocenters. The highest BCUT2D eigenvalue weighted by molar-refractivity contribution is 7.19. The van der Waals surface area contributed by atoms with Gasteiger partial charge in [0.1, 0.15) is 0 Å². The van der Waals surface area contributed by atoms with Crippen LogP contribution in [0.25, 0.3) is 43.1 Å². The first kappa shape index (κ1) is 28.6. The van der Waals surface area contributed by atoms with Crippen LogP contribution in [0, 0.1) is 13.8 Å². The molecule has 0 aliphatic heterocycles. The molecule has 0 fully saturated rings. The second kappa shape index (κ2) is 12.9. The number of thiophene rings is 1. The zero-order valence-corrected chi connectivity index (χ0v) is 26.5. The summed E-state index contributed by atoms with van der Waals surface area (Å²) in [4.78, 5) is 2.68. The first-order valence-corrected chi connectivity index (χ1v) is 16.3. The molecule has 3 heterocycles. The molecule has 0 spiro atoms. The molecule has 7 aromatic rings. The summed E-state index contributed by atoms with van der Waals surface area (Å²) in [6, 6.07) is 48.0. The van der Waals surface area contributed by atoms with E-state index in [2.05, 4.69) is 181 Å². The number of rotatable bonds is 8. The molecule has 0 N–H and O–H groups in total. The van der Waals surface area contributed by atoms with Crippen molar-refractivity contribution in [3.8, 4) is 43.1 Å². The molecule has 0 radical (unpaired) electrons. The van der Waals surface area contributed by atoms with Crippen molar-refractivity contribution in [3.63, 3.8) is 0 Å². The Kier molecular flexibility index (Phi) is 8.18. The van der Waals surface area contributed by atoms with E-state index in [1.165, 1.54) is 65.4 Å². The van der Waals surface area contributed by atoms with Gasteiger partial charge < -0.3 is 0 Å². The van der Waals surface area contributed by atoms with Gasteiger partial charge in [-0.1, -0.05) is 97.1 Å². The Labute approximate surface area is 270 Å².